The van der Waals surface area contributed by atoms with Crippen molar-refractivity contribution in [1.82, 2.24) is 10.2 Å². The van der Waals surface area contributed by atoms with E-state index in [1.165, 1.54) is 12.8 Å². The smallest absolute Gasteiger partial charge is 0.372 e. The van der Waals surface area contributed by atoms with E-state index in [4.69, 9.17) is 0 Å². The van der Waals surface area contributed by atoms with Crippen LogP contribution in [0.25, 0.3) is 0 Å². The average molecular weight is 282 g/mol. The van der Waals surface area contributed by atoms with Gasteiger partial charge in [0.1, 0.15) is 6.61 Å². The second kappa shape index (κ2) is 8.76. The quantitative estimate of drug-likeness (QED) is 0.691. The van der Waals surface area contributed by atoms with Crippen molar-refractivity contribution >= 4 is 0 Å². The molecule has 0 saturated carbocycles. The van der Waals surface area contributed by atoms with Crippen LogP contribution in [-0.4, -0.2) is 57.0 Å². The lowest BCUT2D eigenvalue weighted by atomic mass is 9.99. The van der Waals surface area contributed by atoms with Gasteiger partial charge >= 0.3 is 6.18 Å². The zero-order chi connectivity index (χ0) is 14.1. The van der Waals surface area contributed by atoms with Crippen LogP contribution in [0, 0.1) is 5.92 Å². The van der Waals surface area contributed by atoms with E-state index in [0.29, 0.717) is 12.3 Å². The summed E-state index contributed by atoms with van der Waals surface area (Å²) in [5.74, 6) is 0.671. The largest absolute Gasteiger partial charge is 0.411 e. The Morgan fingerprint density at radius 1 is 1.37 bits per heavy atom. The number of rotatable bonds is 8. The van der Waals surface area contributed by atoms with Crippen molar-refractivity contribution in [2.24, 2.45) is 5.92 Å². The van der Waals surface area contributed by atoms with Gasteiger partial charge in [0.05, 0.1) is 0 Å². The summed E-state index contributed by atoms with van der Waals surface area (Å²) >= 11 is 0. The first-order valence-corrected chi connectivity index (χ1v) is 7.09. The van der Waals surface area contributed by atoms with Crippen molar-refractivity contribution < 1.29 is 17.9 Å². The van der Waals surface area contributed by atoms with Crippen molar-refractivity contribution in [1.29, 1.82) is 0 Å². The molecule has 1 fully saturated rings. The van der Waals surface area contributed by atoms with Crippen molar-refractivity contribution in [3.8, 4) is 0 Å². The van der Waals surface area contributed by atoms with E-state index in [-0.39, 0.29) is 6.61 Å². The molecule has 1 atom stereocenters. The molecule has 0 spiro atoms. The molecular formula is C13H25F3N2O. The highest BCUT2D eigenvalue weighted by Gasteiger charge is 2.27. The summed E-state index contributed by atoms with van der Waals surface area (Å²) in [6.45, 7) is 6.08. The minimum absolute atomic E-state index is 0.179. The molecule has 1 heterocycles. The highest BCUT2D eigenvalue weighted by Crippen LogP contribution is 2.15. The van der Waals surface area contributed by atoms with E-state index >= 15 is 0 Å². The third-order valence-corrected chi connectivity index (χ3v) is 3.39. The van der Waals surface area contributed by atoms with Gasteiger partial charge in [-0.1, -0.05) is 6.92 Å². The van der Waals surface area contributed by atoms with E-state index in [0.717, 1.165) is 32.7 Å². The van der Waals surface area contributed by atoms with Crippen molar-refractivity contribution in [2.45, 2.75) is 32.4 Å². The molecule has 1 saturated heterocycles. The molecule has 1 aliphatic heterocycles. The highest BCUT2D eigenvalue weighted by molar-refractivity contribution is 4.72. The third kappa shape index (κ3) is 8.44. The van der Waals surface area contributed by atoms with Gasteiger partial charge in [-0.15, -0.1) is 0 Å². The first kappa shape index (κ1) is 16.7. The molecule has 0 aromatic heterocycles. The summed E-state index contributed by atoms with van der Waals surface area (Å²) in [6.07, 6.45) is -1.09. The van der Waals surface area contributed by atoms with E-state index < -0.39 is 12.8 Å². The molecule has 6 heteroatoms. The Morgan fingerprint density at radius 3 is 2.74 bits per heavy atom. The van der Waals surface area contributed by atoms with Crippen LogP contribution in [-0.2, 0) is 4.74 Å². The highest BCUT2D eigenvalue weighted by atomic mass is 19.4. The zero-order valence-electron chi connectivity index (χ0n) is 11.6. The summed E-state index contributed by atoms with van der Waals surface area (Å²) in [4.78, 5) is 2.30. The fourth-order valence-electron chi connectivity index (χ4n) is 2.40. The average Bonchev–Trinajstić information content (AvgIpc) is 2.37. The van der Waals surface area contributed by atoms with Gasteiger partial charge in [-0.05, 0) is 44.8 Å². The Kier molecular flexibility index (Phi) is 7.71. The molecule has 0 aromatic carbocycles. The fraction of sp³-hybridized carbons (Fsp3) is 1.00. The standard InChI is InChI=1S/C13H25F3N2O/c1-2-18(10-12-5-3-6-17-9-12)7-4-8-19-11-13(14,15)16/h12,17H,2-11H2,1H3. The molecule has 19 heavy (non-hydrogen) atoms. The lowest BCUT2D eigenvalue weighted by molar-refractivity contribution is -0.174. The number of halogens is 3. The number of hydrogen-bond donors (Lipinski definition) is 1. The molecular weight excluding hydrogens is 257 g/mol. The summed E-state index contributed by atoms with van der Waals surface area (Å²) in [7, 11) is 0. The van der Waals surface area contributed by atoms with Crippen LogP contribution < -0.4 is 5.32 Å². The number of hydrogen-bond acceptors (Lipinski definition) is 3. The monoisotopic (exact) mass is 282 g/mol. The van der Waals surface area contributed by atoms with E-state index in [2.05, 4.69) is 21.9 Å². The van der Waals surface area contributed by atoms with Gasteiger partial charge in [0, 0.05) is 19.7 Å². The van der Waals surface area contributed by atoms with E-state index in [1.807, 2.05) is 0 Å². The number of nitrogens with one attached hydrogen (secondary N) is 1. The molecule has 1 N–H and O–H groups in total. The summed E-state index contributed by atoms with van der Waals surface area (Å²) in [5.41, 5.74) is 0. The molecule has 0 bridgehead atoms. The molecule has 0 amide bonds. The van der Waals surface area contributed by atoms with Gasteiger partial charge in [-0.25, -0.2) is 0 Å². The third-order valence-electron chi connectivity index (χ3n) is 3.39. The first-order chi connectivity index (χ1) is 9.01. The Bertz CT molecular complexity index is 230. The maximum atomic E-state index is 11.9. The van der Waals surface area contributed by atoms with Gasteiger partial charge in [-0.2, -0.15) is 13.2 Å². The van der Waals surface area contributed by atoms with Crippen LogP contribution in [0.1, 0.15) is 26.2 Å². The van der Waals surface area contributed by atoms with Gasteiger partial charge in [0.2, 0.25) is 0 Å². The minimum Gasteiger partial charge on any atom is -0.372 e. The first-order valence-electron chi connectivity index (χ1n) is 7.09. The molecule has 3 nitrogen and oxygen atoms in total. The lowest BCUT2D eigenvalue weighted by Gasteiger charge is -2.29. The maximum absolute atomic E-state index is 11.9. The Hall–Kier alpha value is -0.330. The molecule has 1 unspecified atom stereocenters. The Morgan fingerprint density at radius 2 is 2.16 bits per heavy atom. The van der Waals surface area contributed by atoms with Crippen molar-refractivity contribution in [3.63, 3.8) is 0 Å². The summed E-state index contributed by atoms with van der Waals surface area (Å²) in [6, 6.07) is 0. The van der Waals surface area contributed by atoms with Gasteiger partial charge in [-0.3, -0.25) is 0 Å². The summed E-state index contributed by atoms with van der Waals surface area (Å²) in [5, 5.41) is 3.38. The topological polar surface area (TPSA) is 24.5 Å². The predicted molar refractivity (Wildman–Crippen MR) is 69.2 cm³/mol. The van der Waals surface area contributed by atoms with Crippen LogP contribution in [0.15, 0.2) is 0 Å². The predicted octanol–water partition coefficient (Wildman–Crippen LogP) is 2.28. The number of ether oxygens (including phenoxy) is 1. The van der Waals surface area contributed by atoms with Crippen LogP contribution in [0.3, 0.4) is 0 Å². The molecule has 0 radical (unpaired) electrons. The second-order valence-corrected chi connectivity index (χ2v) is 5.13. The number of piperidine rings is 1. The van der Waals surface area contributed by atoms with Crippen LogP contribution in [0.2, 0.25) is 0 Å². The lowest BCUT2D eigenvalue weighted by Crippen LogP contribution is -2.38. The Balaban J connectivity index is 2.07. The van der Waals surface area contributed by atoms with Gasteiger partial charge < -0.3 is 15.0 Å². The molecule has 1 rings (SSSR count). The van der Waals surface area contributed by atoms with Gasteiger partial charge in [0.15, 0.2) is 0 Å². The second-order valence-electron chi connectivity index (χ2n) is 5.13. The van der Waals surface area contributed by atoms with Crippen LogP contribution >= 0.6 is 0 Å². The van der Waals surface area contributed by atoms with Crippen molar-refractivity contribution in [3.05, 3.63) is 0 Å². The van der Waals surface area contributed by atoms with Crippen molar-refractivity contribution in [2.75, 3.05) is 45.9 Å². The SMILES string of the molecule is CCN(CCCOCC(F)(F)F)CC1CCCNC1. The molecule has 0 aliphatic carbocycles. The number of nitrogens with zero attached hydrogens (tertiary/aromatic N) is 1. The maximum Gasteiger partial charge on any atom is 0.411 e. The van der Waals surface area contributed by atoms with Crippen LogP contribution in [0.5, 0.6) is 0 Å². The zero-order valence-corrected chi connectivity index (χ0v) is 11.6. The molecule has 0 aromatic rings. The van der Waals surface area contributed by atoms with Gasteiger partial charge in [0.25, 0.3) is 0 Å². The molecule has 114 valence electrons. The molecule has 1 aliphatic rings. The van der Waals surface area contributed by atoms with E-state index in [9.17, 15) is 13.2 Å². The van der Waals surface area contributed by atoms with Crippen LogP contribution in [0.4, 0.5) is 13.2 Å². The summed E-state index contributed by atoms with van der Waals surface area (Å²) < 4.78 is 40.2. The Labute approximate surface area is 113 Å². The normalized spacial score (nSPS) is 21.0. The minimum atomic E-state index is -4.21. The van der Waals surface area contributed by atoms with E-state index in [1.54, 1.807) is 0 Å². The fourth-order valence-corrected chi connectivity index (χ4v) is 2.40. The number of alkyl halides is 3.